The number of anilines is 1. The van der Waals surface area contributed by atoms with E-state index in [1.807, 2.05) is 11.5 Å². The fourth-order valence-electron chi connectivity index (χ4n) is 1.90. The van der Waals surface area contributed by atoms with Gasteiger partial charge in [0.05, 0.1) is 6.61 Å². The Morgan fingerprint density at radius 2 is 2.29 bits per heavy atom. The zero-order chi connectivity index (χ0) is 11.8. The second kappa shape index (κ2) is 3.87. The van der Waals surface area contributed by atoms with Crippen LogP contribution < -0.4 is 10.5 Å². The van der Waals surface area contributed by atoms with Crippen LogP contribution in [0.15, 0.2) is 6.33 Å². The monoisotopic (exact) mass is 233 g/mol. The van der Waals surface area contributed by atoms with Gasteiger partial charge in [-0.3, -0.25) is 4.57 Å². The SMILES string of the molecule is CCOc1nc2c(N)ncnc2n1CC1CC1. The van der Waals surface area contributed by atoms with Crippen molar-refractivity contribution in [3.05, 3.63) is 6.33 Å². The Morgan fingerprint density at radius 1 is 1.47 bits per heavy atom. The van der Waals surface area contributed by atoms with Crippen LogP contribution >= 0.6 is 0 Å². The Hall–Kier alpha value is -1.85. The minimum atomic E-state index is 0.408. The van der Waals surface area contributed by atoms with Gasteiger partial charge in [0.25, 0.3) is 6.01 Å². The lowest BCUT2D eigenvalue weighted by Gasteiger charge is -2.06. The number of fused-ring (bicyclic) bond motifs is 1. The maximum absolute atomic E-state index is 5.80. The lowest BCUT2D eigenvalue weighted by molar-refractivity contribution is 0.296. The Balaban J connectivity index is 2.12. The molecule has 0 aromatic carbocycles. The summed E-state index contributed by atoms with van der Waals surface area (Å²) < 4.78 is 7.54. The van der Waals surface area contributed by atoms with Gasteiger partial charge in [-0.1, -0.05) is 0 Å². The molecule has 0 amide bonds. The number of aromatic nitrogens is 4. The van der Waals surface area contributed by atoms with Gasteiger partial charge in [0.15, 0.2) is 17.0 Å². The van der Waals surface area contributed by atoms with Gasteiger partial charge < -0.3 is 10.5 Å². The van der Waals surface area contributed by atoms with E-state index in [9.17, 15) is 0 Å². The van der Waals surface area contributed by atoms with Crippen molar-refractivity contribution in [2.24, 2.45) is 5.92 Å². The molecular formula is C11H15N5O. The van der Waals surface area contributed by atoms with E-state index in [-0.39, 0.29) is 0 Å². The molecule has 90 valence electrons. The Morgan fingerprint density at radius 3 is 3.00 bits per heavy atom. The molecule has 0 unspecified atom stereocenters. The third-order valence-electron chi connectivity index (χ3n) is 2.94. The van der Waals surface area contributed by atoms with Crippen molar-refractivity contribution in [3.63, 3.8) is 0 Å². The van der Waals surface area contributed by atoms with Gasteiger partial charge in [-0.15, -0.1) is 0 Å². The summed E-state index contributed by atoms with van der Waals surface area (Å²) in [4.78, 5) is 12.6. The summed E-state index contributed by atoms with van der Waals surface area (Å²) in [5.41, 5.74) is 7.21. The van der Waals surface area contributed by atoms with E-state index >= 15 is 0 Å². The van der Waals surface area contributed by atoms with Crippen LogP contribution in [-0.2, 0) is 6.54 Å². The van der Waals surface area contributed by atoms with E-state index in [1.54, 1.807) is 0 Å². The predicted molar refractivity (Wildman–Crippen MR) is 63.6 cm³/mol. The first-order chi connectivity index (χ1) is 8.29. The van der Waals surface area contributed by atoms with E-state index in [1.165, 1.54) is 19.2 Å². The zero-order valence-electron chi connectivity index (χ0n) is 9.76. The van der Waals surface area contributed by atoms with Gasteiger partial charge in [-0.25, -0.2) is 9.97 Å². The van der Waals surface area contributed by atoms with E-state index in [0.717, 1.165) is 18.1 Å². The van der Waals surface area contributed by atoms with E-state index in [4.69, 9.17) is 10.5 Å². The Kier molecular flexibility index (Phi) is 2.35. The lowest BCUT2D eigenvalue weighted by Crippen LogP contribution is -2.06. The topological polar surface area (TPSA) is 78.8 Å². The average molecular weight is 233 g/mol. The van der Waals surface area contributed by atoms with Crippen LogP contribution in [0.25, 0.3) is 11.2 Å². The van der Waals surface area contributed by atoms with Crippen molar-refractivity contribution in [1.82, 2.24) is 19.5 Å². The van der Waals surface area contributed by atoms with Crippen LogP contribution in [-0.4, -0.2) is 26.1 Å². The molecule has 1 fully saturated rings. The van der Waals surface area contributed by atoms with Crippen molar-refractivity contribution in [1.29, 1.82) is 0 Å². The van der Waals surface area contributed by atoms with Gasteiger partial charge in [0.1, 0.15) is 6.33 Å². The van der Waals surface area contributed by atoms with Crippen LogP contribution in [0.5, 0.6) is 6.01 Å². The van der Waals surface area contributed by atoms with Crippen LogP contribution in [0, 0.1) is 5.92 Å². The van der Waals surface area contributed by atoms with E-state index < -0.39 is 0 Å². The molecule has 2 N–H and O–H groups in total. The van der Waals surface area contributed by atoms with Gasteiger partial charge in [-0.2, -0.15) is 4.98 Å². The normalized spacial score (nSPS) is 15.4. The third-order valence-corrected chi connectivity index (χ3v) is 2.94. The van der Waals surface area contributed by atoms with Gasteiger partial charge in [-0.05, 0) is 25.7 Å². The number of hydrogen-bond donors (Lipinski definition) is 1. The molecule has 0 spiro atoms. The molecule has 3 rings (SSSR count). The fourth-order valence-corrected chi connectivity index (χ4v) is 1.90. The Bertz CT molecular complexity index is 546. The molecule has 0 radical (unpaired) electrons. The number of nitrogen functional groups attached to an aromatic ring is 1. The maximum Gasteiger partial charge on any atom is 0.298 e. The minimum Gasteiger partial charge on any atom is -0.465 e. The quantitative estimate of drug-likeness (QED) is 0.858. The van der Waals surface area contributed by atoms with Crippen LogP contribution in [0.1, 0.15) is 19.8 Å². The van der Waals surface area contributed by atoms with Crippen LogP contribution in [0.4, 0.5) is 5.82 Å². The summed E-state index contributed by atoms with van der Waals surface area (Å²) >= 11 is 0. The van der Waals surface area contributed by atoms with Crippen molar-refractivity contribution in [3.8, 4) is 6.01 Å². The van der Waals surface area contributed by atoms with Crippen molar-refractivity contribution in [2.45, 2.75) is 26.3 Å². The fraction of sp³-hybridized carbons (Fsp3) is 0.545. The second-order valence-electron chi connectivity index (χ2n) is 4.31. The van der Waals surface area contributed by atoms with Gasteiger partial charge in [0.2, 0.25) is 0 Å². The zero-order valence-corrected chi connectivity index (χ0v) is 9.76. The molecule has 1 aliphatic rings. The molecule has 0 bridgehead atoms. The van der Waals surface area contributed by atoms with Crippen LogP contribution in [0.3, 0.4) is 0 Å². The first-order valence-electron chi connectivity index (χ1n) is 5.89. The standard InChI is InChI=1S/C11H15N5O/c1-2-17-11-15-8-9(12)13-6-14-10(8)16(11)5-7-3-4-7/h6-7H,2-5H2,1H3,(H2,12,13,14). The van der Waals surface area contributed by atoms with Crippen LogP contribution in [0.2, 0.25) is 0 Å². The lowest BCUT2D eigenvalue weighted by atomic mass is 10.4. The summed E-state index contributed by atoms with van der Waals surface area (Å²) in [5, 5.41) is 0. The Labute approximate surface area is 98.8 Å². The summed E-state index contributed by atoms with van der Waals surface area (Å²) in [6.07, 6.45) is 4.01. The highest BCUT2D eigenvalue weighted by atomic mass is 16.5. The number of rotatable bonds is 4. The molecule has 2 aromatic heterocycles. The molecular weight excluding hydrogens is 218 g/mol. The number of ether oxygens (including phenoxy) is 1. The third kappa shape index (κ3) is 1.79. The number of hydrogen-bond acceptors (Lipinski definition) is 5. The van der Waals surface area contributed by atoms with E-state index in [0.29, 0.717) is 24.0 Å². The number of nitrogens with two attached hydrogens (primary N) is 1. The summed E-state index contributed by atoms with van der Waals surface area (Å²) in [6.45, 7) is 3.43. The second-order valence-corrected chi connectivity index (χ2v) is 4.31. The highest BCUT2D eigenvalue weighted by molar-refractivity contribution is 5.82. The molecule has 17 heavy (non-hydrogen) atoms. The van der Waals surface area contributed by atoms with Crippen molar-refractivity contribution < 1.29 is 4.74 Å². The average Bonchev–Trinajstić information content (AvgIpc) is 3.05. The molecule has 6 nitrogen and oxygen atoms in total. The molecule has 2 aromatic rings. The van der Waals surface area contributed by atoms with Crippen molar-refractivity contribution >= 4 is 17.0 Å². The molecule has 1 aliphatic carbocycles. The highest BCUT2D eigenvalue weighted by Crippen LogP contribution is 2.34. The van der Waals surface area contributed by atoms with Gasteiger partial charge in [0, 0.05) is 6.54 Å². The first kappa shape index (κ1) is 10.3. The molecule has 6 heteroatoms. The molecule has 1 saturated carbocycles. The van der Waals surface area contributed by atoms with Crippen molar-refractivity contribution in [2.75, 3.05) is 12.3 Å². The smallest absolute Gasteiger partial charge is 0.298 e. The minimum absolute atomic E-state index is 0.408. The first-order valence-corrected chi connectivity index (χ1v) is 5.89. The van der Waals surface area contributed by atoms with Gasteiger partial charge >= 0.3 is 0 Å². The predicted octanol–water partition coefficient (Wildman–Crippen LogP) is 1.22. The largest absolute Gasteiger partial charge is 0.465 e. The molecule has 0 atom stereocenters. The van der Waals surface area contributed by atoms with E-state index in [2.05, 4.69) is 15.0 Å². The molecule has 2 heterocycles. The number of imidazole rings is 1. The summed E-state index contributed by atoms with van der Waals surface area (Å²) in [6, 6.07) is 0.599. The molecule has 0 saturated heterocycles. The summed E-state index contributed by atoms with van der Waals surface area (Å²) in [7, 11) is 0. The summed E-state index contributed by atoms with van der Waals surface area (Å²) in [5.74, 6) is 1.13. The maximum atomic E-state index is 5.80. The highest BCUT2D eigenvalue weighted by Gasteiger charge is 2.25. The molecule has 0 aliphatic heterocycles. The number of nitrogens with zero attached hydrogens (tertiary/aromatic N) is 4.